The lowest BCUT2D eigenvalue weighted by Crippen LogP contribution is -2.10. The van der Waals surface area contributed by atoms with Crippen LogP contribution < -0.4 is 5.73 Å². The smallest absolute Gasteiger partial charge is 0.249 e. The third kappa shape index (κ3) is 3.57. The number of aromatic nitrogens is 2. The summed E-state index contributed by atoms with van der Waals surface area (Å²) in [5.74, 6) is 3.77. The molecule has 6 heteroatoms. The molecule has 2 rings (SSSR count). The highest BCUT2D eigenvalue weighted by Crippen LogP contribution is 2.23. The SMILES string of the molecule is CC(C)CSCc1noc(C(N)c2cccs2)n1. The largest absolute Gasteiger partial charge is 0.337 e. The molecular weight excluding hydrogens is 266 g/mol. The third-order valence-corrected chi connectivity index (χ3v) is 4.60. The minimum atomic E-state index is -0.304. The van der Waals surface area contributed by atoms with Gasteiger partial charge in [0.2, 0.25) is 5.89 Å². The molecule has 4 nitrogen and oxygen atoms in total. The highest BCUT2D eigenvalue weighted by molar-refractivity contribution is 7.98. The van der Waals surface area contributed by atoms with E-state index in [-0.39, 0.29) is 6.04 Å². The van der Waals surface area contributed by atoms with Crippen LogP contribution in [0.3, 0.4) is 0 Å². The van der Waals surface area contributed by atoms with Crippen LogP contribution in [-0.4, -0.2) is 15.9 Å². The van der Waals surface area contributed by atoms with Gasteiger partial charge in [0.05, 0.1) is 5.75 Å². The quantitative estimate of drug-likeness (QED) is 0.882. The van der Waals surface area contributed by atoms with Crippen molar-refractivity contribution in [2.24, 2.45) is 11.7 Å². The summed E-state index contributed by atoms with van der Waals surface area (Å²) in [5, 5.41) is 5.95. The zero-order chi connectivity index (χ0) is 13.0. The van der Waals surface area contributed by atoms with Gasteiger partial charge in [0.1, 0.15) is 6.04 Å². The zero-order valence-corrected chi connectivity index (χ0v) is 12.1. The molecule has 0 amide bonds. The Morgan fingerprint density at radius 2 is 2.33 bits per heavy atom. The van der Waals surface area contributed by atoms with E-state index >= 15 is 0 Å². The van der Waals surface area contributed by atoms with Crippen molar-refractivity contribution in [2.45, 2.75) is 25.6 Å². The Labute approximate surface area is 115 Å². The minimum Gasteiger partial charge on any atom is -0.337 e. The van der Waals surface area contributed by atoms with Crippen LogP contribution >= 0.6 is 23.1 Å². The molecule has 2 N–H and O–H groups in total. The van der Waals surface area contributed by atoms with Crippen molar-refractivity contribution in [3.8, 4) is 0 Å². The van der Waals surface area contributed by atoms with Crippen molar-refractivity contribution in [3.05, 3.63) is 34.1 Å². The molecule has 18 heavy (non-hydrogen) atoms. The molecule has 0 aromatic carbocycles. The first-order valence-electron chi connectivity index (χ1n) is 5.86. The number of hydrogen-bond donors (Lipinski definition) is 1. The Hall–Kier alpha value is -0.850. The number of nitrogens with two attached hydrogens (primary N) is 1. The number of hydrogen-bond acceptors (Lipinski definition) is 6. The molecule has 2 aromatic heterocycles. The summed E-state index contributed by atoms with van der Waals surface area (Å²) >= 11 is 3.41. The Kier molecular flexibility index (Phi) is 4.79. The maximum Gasteiger partial charge on any atom is 0.249 e. The fourth-order valence-corrected chi connectivity index (χ4v) is 3.04. The van der Waals surface area contributed by atoms with Gasteiger partial charge in [0.15, 0.2) is 5.82 Å². The standard InChI is InChI=1S/C12H17N3OS2/c1-8(2)6-17-7-10-14-12(16-15-10)11(13)9-4-3-5-18-9/h3-5,8,11H,6-7,13H2,1-2H3. The number of rotatable bonds is 6. The van der Waals surface area contributed by atoms with Gasteiger partial charge in [-0.15, -0.1) is 11.3 Å². The van der Waals surface area contributed by atoms with E-state index in [9.17, 15) is 0 Å². The second-order valence-electron chi connectivity index (χ2n) is 4.45. The van der Waals surface area contributed by atoms with Gasteiger partial charge in [0, 0.05) is 4.88 Å². The Morgan fingerprint density at radius 1 is 1.50 bits per heavy atom. The molecule has 0 saturated carbocycles. The Balaban J connectivity index is 1.93. The van der Waals surface area contributed by atoms with Crippen molar-refractivity contribution in [3.63, 3.8) is 0 Å². The molecule has 0 radical (unpaired) electrons. The normalized spacial score (nSPS) is 13.1. The van der Waals surface area contributed by atoms with Gasteiger partial charge in [-0.25, -0.2) is 0 Å². The average molecular weight is 283 g/mol. The second kappa shape index (κ2) is 6.36. The highest BCUT2D eigenvalue weighted by Gasteiger charge is 2.17. The predicted molar refractivity (Wildman–Crippen MR) is 75.6 cm³/mol. The van der Waals surface area contributed by atoms with E-state index in [4.69, 9.17) is 10.3 Å². The molecule has 0 aliphatic carbocycles. The van der Waals surface area contributed by atoms with E-state index in [0.29, 0.717) is 11.8 Å². The first kappa shape index (κ1) is 13.6. The lowest BCUT2D eigenvalue weighted by atomic mass is 10.2. The van der Waals surface area contributed by atoms with Crippen molar-refractivity contribution in [2.75, 3.05) is 5.75 Å². The van der Waals surface area contributed by atoms with E-state index in [2.05, 4.69) is 24.0 Å². The number of nitrogens with zero attached hydrogens (tertiary/aromatic N) is 2. The highest BCUT2D eigenvalue weighted by atomic mass is 32.2. The topological polar surface area (TPSA) is 64.9 Å². The van der Waals surface area contributed by atoms with E-state index in [1.807, 2.05) is 29.3 Å². The van der Waals surface area contributed by atoms with Crippen molar-refractivity contribution >= 4 is 23.1 Å². The third-order valence-electron chi connectivity index (χ3n) is 2.28. The van der Waals surface area contributed by atoms with Crippen molar-refractivity contribution in [1.82, 2.24) is 10.1 Å². The zero-order valence-electron chi connectivity index (χ0n) is 10.5. The van der Waals surface area contributed by atoms with Gasteiger partial charge in [-0.1, -0.05) is 25.1 Å². The van der Waals surface area contributed by atoms with Crippen LogP contribution in [0.2, 0.25) is 0 Å². The molecule has 98 valence electrons. The van der Waals surface area contributed by atoms with E-state index in [1.54, 1.807) is 11.3 Å². The summed E-state index contributed by atoms with van der Waals surface area (Å²) < 4.78 is 5.21. The van der Waals surface area contributed by atoms with Crippen molar-refractivity contribution in [1.29, 1.82) is 0 Å². The predicted octanol–water partition coefficient (Wildman–Crippen LogP) is 3.07. The van der Waals surface area contributed by atoms with E-state index < -0.39 is 0 Å². The molecule has 1 atom stereocenters. The molecule has 1 unspecified atom stereocenters. The number of thioether (sulfide) groups is 1. The van der Waals surface area contributed by atoms with Crippen LogP contribution in [0.25, 0.3) is 0 Å². The molecule has 2 aromatic rings. The summed E-state index contributed by atoms with van der Waals surface area (Å²) in [6.45, 7) is 4.39. The first-order valence-corrected chi connectivity index (χ1v) is 7.89. The molecule has 0 bridgehead atoms. The lowest BCUT2D eigenvalue weighted by Gasteiger charge is -2.02. The first-order chi connectivity index (χ1) is 8.66. The maximum absolute atomic E-state index is 6.06. The van der Waals surface area contributed by atoms with Crippen molar-refractivity contribution < 1.29 is 4.52 Å². The van der Waals surface area contributed by atoms with Gasteiger partial charge in [0.25, 0.3) is 0 Å². The van der Waals surface area contributed by atoms with Gasteiger partial charge < -0.3 is 10.3 Å². The van der Waals surface area contributed by atoms with Crippen LogP contribution in [0.1, 0.15) is 36.5 Å². The summed E-state index contributed by atoms with van der Waals surface area (Å²) in [4.78, 5) is 5.39. The minimum absolute atomic E-state index is 0.304. The molecule has 0 aliphatic heterocycles. The van der Waals surface area contributed by atoms with E-state index in [0.717, 1.165) is 22.2 Å². The fraction of sp³-hybridized carbons (Fsp3) is 0.500. The van der Waals surface area contributed by atoms with Crippen LogP contribution in [0.5, 0.6) is 0 Å². The lowest BCUT2D eigenvalue weighted by molar-refractivity contribution is 0.364. The Bertz CT molecular complexity index is 467. The fourth-order valence-electron chi connectivity index (χ4n) is 1.43. The molecule has 2 heterocycles. The van der Waals surface area contributed by atoms with Gasteiger partial charge in [-0.2, -0.15) is 16.7 Å². The summed E-state index contributed by atoms with van der Waals surface area (Å²) in [6, 6.07) is 3.64. The monoisotopic (exact) mass is 283 g/mol. The number of thiophene rings is 1. The van der Waals surface area contributed by atoms with Crippen LogP contribution in [0.15, 0.2) is 22.0 Å². The molecule has 0 saturated heterocycles. The summed E-state index contributed by atoms with van der Waals surface area (Å²) in [6.07, 6.45) is 0. The van der Waals surface area contributed by atoms with Gasteiger partial charge in [-0.05, 0) is 23.1 Å². The van der Waals surface area contributed by atoms with Crippen LogP contribution in [0.4, 0.5) is 0 Å². The molecule has 0 spiro atoms. The van der Waals surface area contributed by atoms with Crippen LogP contribution in [-0.2, 0) is 5.75 Å². The summed E-state index contributed by atoms with van der Waals surface area (Å²) in [7, 11) is 0. The van der Waals surface area contributed by atoms with Gasteiger partial charge >= 0.3 is 0 Å². The molecule has 0 aliphatic rings. The Morgan fingerprint density at radius 3 is 3.00 bits per heavy atom. The van der Waals surface area contributed by atoms with Crippen LogP contribution in [0, 0.1) is 5.92 Å². The molecular formula is C12H17N3OS2. The maximum atomic E-state index is 6.06. The molecule has 0 fully saturated rings. The van der Waals surface area contributed by atoms with Gasteiger partial charge in [-0.3, -0.25) is 0 Å². The van der Waals surface area contributed by atoms with E-state index in [1.165, 1.54) is 0 Å². The summed E-state index contributed by atoms with van der Waals surface area (Å²) in [5.41, 5.74) is 6.06. The average Bonchev–Trinajstić information content (AvgIpc) is 2.99. The second-order valence-corrected chi connectivity index (χ2v) is 6.46.